The van der Waals surface area contributed by atoms with Crippen molar-refractivity contribution in [3.05, 3.63) is 58.1 Å². The number of nitrogens with one attached hydrogen (secondary N) is 1. The van der Waals surface area contributed by atoms with Crippen LogP contribution >= 0.6 is 15.9 Å². The van der Waals surface area contributed by atoms with E-state index in [-0.39, 0.29) is 5.91 Å². The zero-order valence-corrected chi connectivity index (χ0v) is 17.2. The molecule has 0 spiro atoms. The van der Waals surface area contributed by atoms with Crippen molar-refractivity contribution in [1.82, 2.24) is 5.32 Å². The number of benzene rings is 2. The van der Waals surface area contributed by atoms with Gasteiger partial charge in [0.25, 0.3) is 0 Å². The number of rotatable bonds is 6. The highest BCUT2D eigenvalue weighted by atomic mass is 79.9. The lowest BCUT2D eigenvalue weighted by Crippen LogP contribution is -2.47. The predicted molar refractivity (Wildman–Crippen MR) is 107 cm³/mol. The van der Waals surface area contributed by atoms with E-state index in [2.05, 4.69) is 21.2 Å². The van der Waals surface area contributed by atoms with Crippen LogP contribution in [0.15, 0.2) is 46.9 Å². The van der Waals surface area contributed by atoms with Gasteiger partial charge in [0.05, 0.1) is 19.6 Å². The van der Waals surface area contributed by atoms with Gasteiger partial charge in [-0.1, -0.05) is 28.1 Å². The van der Waals surface area contributed by atoms with Gasteiger partial charge in [0, 0.05) is 29.8 Å². The number of hydrogen-bond donors (Lipinski definition) is 1. The first-order valence-corrected chi connectivity index (χ1v) is 9.71. The molecule has 2 aromatic rings. The summed E-state index contributed by atoms with van der Waals surface area (Å²) in [5, 5.41) is 3.11. The Hall–Kier alpha value is -2.05. The second-order valence-corrected chi connectivity index (χ2v) is 7.48. The maximum Gasteiger partial charge on any atom is 0.231 e. The normalized spacial score (nSPS) is 15.8. The van der Waals surface area contributed by atoms with Gasteiger partial charge in [-0.15, -0.1) is 0 Å². The minimum Gasteiger partial charge on any atom is -0.497 e. The molecule has 1 N–H and O–H groups in total. The summed E-state index contributed by atoms with van der Waals surface area (Å²) in [5.74, 6) is 1.47. The summed E-state index contributed by atoms with van der Waals surface area (Å²) < 4.78 is 17.2. The summed E-state index contributed by atoms with van der Waals surface area (Å²) >= 11 is 3.46. The number of ether oxygens (including phenoxy) is 3. The third kappa shape index (κ3) is 4.28. The topological polar surface area (TPSA) is 56.8 Å². The van der Waals surface area contributed by atoms with E-state index in [1.165, 1.54) is 0 Å². The first kappa shape index (κ1) is 19.7. The molecule has 0 bridgehead atoms. The highest BCUT2D eigenvalue weighted by Gasteiger charge is 2.41. The highest BCUT2D eigenvalue weighted by Crippen LogP contribution is 2.36. The number of carbonyl (C=O) groups excluding carboxylic acids is 1. The van der Waals surface area contributed by atoms with Gasteiger partial charge in [0.1, 0.15) is 11.5 Å². The van der Waals surface area contributed by atoms with Crippen LogP contribution in [-0.4, -0.2) is 33.3 Å². The third-order valence-corrected chi connectivity index (χ3v) is 5.63. The van der Waals surface area contributed by atoms with Crippen molar-refractivity contribution in [3.63, 3.8) is 0 Å². The van der Waals surface area contributed by atoms with Crippen LogP contribution in [-0.2, 0) is 21.5 Å². The first-order valence-electron chi connectivity index (χ1n) is 8.92. The molecule has 1 heterocycles. The van der Waals surface area contributed by atoms with E-state index in [0.29, 0.717) is 32.6 Å². The zero-order valence-electron chi connectivity index (χ0n) is 15.6. The van der Waals surface area contributed by atoms with E-state index in [1.807, 2.05) is 42.5 Å². The van der Waals surface area contributed by atoms with Gasteiger partial charge >= 0.3 is 0 Å². The minimum atomic E-state index is -0.578. The van der Waals surface area contributed by atoms with Gasteiger partial charge in [-0.25, -0.2) is 0 Å². The largest absolute Gasteiger partial charge is 0.497 e. The van der Waals surface area contributed by atoms with E-state index in [1.54, 1.807) is 14.2 Å². The molecule has 1 fully saturated rings. The van der Waals surface area contributed by atoms with Crippen molar-refractivity contribution < 1.29 is 19.0 Å². The van der Waals surface area contributed by atoms with E-state index in [9.17, 15) is 4.79 Å². The van der Waals surface area contributed by atoms with Crippen molar-refractivity contribution in [3.8, 4) is 11.5 Å². The molecule has 3 rings (SSSR count). The Morgan fingerprint density at radius 2 is 1.81 bits per heavy atom. The molecular weight excluding hydrogens is 410 g/mol. The minimum absolute atomic E-state index is 0.0120. The van der Waals surface area contributed by atoms with E-state index in [0.717, 1.165) is 27.1 Å². The summed E-state index contributed by atoms with van der Waals surface area (Å²) in [4.78, 5) is 13.3. The van der Waals surface area contributed by atoms with Crippen LogP contribution in [0.4, 0.5) is 0 Å². The molecular formula is C21H24BrNO4. The molecule has 6 heteroatoms. The highest BCUT2D eigenvalue weighted by molar-refractivity contribution is 9.10. The van der Waals surface area contributed by atoms with Gasteiger partial charge in [-0.3, -0.25) is 4.79 Å². The van der Waals surface area contributed by atoms with Crippen LogP contribution in [0, 0.1) is 0 Å². The van der Waals surface area contributed by atoms with Gasteiger partial charge in [0.15, 0.2) is 0 Å². The van der Waals surface area contributed by atoms with E-state index in [4.69, 9.17) is 14.2 Å². The maximum atomic E-state index is 13.3. The SMILES string of the molecule is COc1ccc(OC)c(CNC(=O)C2(c3ccc(Br)cc3)CCOCC2)c1. The molecule has 1 saturated heterocycles. The summed E-state index contributed by atoms with van der Waals surface area (Å²) in [5.41, 5.74) is 1.32. The fourth-order valence-electron chi connectivity index (χ4n) is 3.50. The van der Waals surface area contributed by atoms with Crippen LogP contribution < -0.4 is 14.8 Å². The summed E-state index contributed by atoms with van der Waals surface area (Å²) in [6.07, 6.45) is 1.32. The third-order valence-electron chi connectivity index (χ3n) is 5.10. The first-order chi connectivity index (χ1) is 13.1. The number of methoxy groups -OCH3 is 2. The Morgan fingerprint density at radius 1 is 1.11 bits per heavy atom. The zero-order chi connectivity index (χ0) is 19.3. The van der Waals surface area contributed by atoms with Crippen molar-refractivity contribution in [2.45, 2.75) is 24.8 Å². The number of carbonyl (C=O) groups is 1. The van der Waals surface area contributed by atoms with Crippen LogP contribution in [0.2, 0.25) is 0 Å². The second-order valence-electron chi connectivity index (χ2n) is 6.56. The van der Waals surface area contributed by atoms with Crippen molar-refractivity contribution in [2.75, 3.05) is 27.4 Å². The smallest absolute Gasteiger partial charge is 0.231 e. The molecule has 0 saturated carbocycles. The average molecular weight is 434 g/mol. The van der Waals surface area contributed by atoms with E-state index >= 15 is 0 Å². The molecule has 0 aromatic heterocycles. The van der Waals surface area contributed by atoms with Gasteiger partial charge < -0.3 is 19.5 Å². The summed E-state index contributed by atoms with van der Waals surface area (Å²) in [7, 11) is 3.24. The quantitative estimate of drug-likeness (QED) is 0.751. The number of amides is 1. The lowest BCUT2D eigenvalue weighted by atomic mass is 9.73. The monoisotopic (exact) mass is 433 g/mol. The molecule has 27 heavy (non-hydrogen) atoms. The summed E-state index contributed by atoms with van der Waals surface area (Å²) in [6, 6.07) is 13.6. The lowest BCUT2D eigenvalue weighted by molar-refractivity contribution is -0.130. The maximum absolute atomic E-state index is 13.3. The lowest BCUT2D eigenvalue weighted by Gasteiger charge is -2.36. The fourth-order valence-corrected chi connectivity index (χ4v) is 3.76. The Morgan fingerprint density at radius 3 is 2.44 bits per heavy atom. The van der Waals surface area contributed by atoms with Crippen molar-refractivity contribution >= 4 is 21.8 Å². The fraction of sp³-hybridized carbons (Fsp3) is 0.381. The Bertz CT molecular complexity index is 785. The van der Waals surface area contributed by atoms with Crippen LogP contribution in [0.1, 0.15) is 24.0 Å². The van der Waals surface area contributed by atoms with Crippen molar-refractivity contribution in [2.24, 2.45) is 0 Å². The molecule has 1 amide bonds. The summed E-state index contributed by atoms with van der Waals surface area (Å²) in [6.45, 7) is 1.52. The second kappa shape index (κ2) is 8.76. The predicted octanol–water partition coefficient (Wildman–Crippen LogP) is 3.83. The standard InChI is InChI=1S/C21H24BrNO4/c1-25-18-7-8-19(26-2)15(13-18)14-23-20(24)21(9-11-27-12-10-21)16-3-5-17(22)6-4-16/h3-8,13H,9-12,14H2,1-2H3,(H,23,24). The Balaban J connectivity index is 1.82. The van der Waals surface area contributed by atoms with Gasteiger partial charge in [0.2, 0.25) is 5.91 Å². The molecule has 1 aliphatic heterocycles. The van der Waals surface area contributed by atoms with Crippen LogP contribution in [0.5, 0.6) is 11.5 Å². The van der Waals surface area contributed by atoms with Crippen LogP contribution in [0.25, 0.3) is 0 Å². The molecule has 0 unspecified atom stereocenters. The molecule has 0 radical (unpaired) electrons. The molecule has 0 aliphatic carbocycles. The Kier molecular flexibility index (Phi) is 6.39. The van der Waals surface area contributed by atoms with Crippen LogP contribution in [0.3, 0.4) is 0 Å². The molecule has 1 aliphatic rings. The van der Waals surface area contributed by atoms with E-state index < -0.39 is 5.41 Å². The van der Waals surface area contributed by atoms with Gasteiger partial charge in [-0.2, -0.15) is 0 Å². The number of halogens is 1. The molecule has 144 valence electrons. The molecule has 2 aromatic carbocycles. The van der Waals surface area contributed by atoms with Crippen molar-refractivity contribution in [1.29, 1.82) is 0 Å². The Labute approximate surface area is 168 Å². The average Bonchev–Trinajstić information content (AvgIpc) is 2.72. The molecule has 5 nitrogen and oxygen atoms in total. The molecule has 0 atom stereocenters. The number of hydrogen-bond acceptors (Lipinski definition) is 4. The van der Waals surface area contributed by atoms with Gasteiger partial charge in [-0.05, 0) is 48.7 Å².